The van der Waals surface area contributed by atoms with Crippen molar-refractivity contribution >= 4 is 16.7 Å². The lowest BCUT2D eigenvalue weighted by molar-refractivity contribution is 0.0931. The maximum atomic E-state index is 13.7. The molecule has 0 fully saturated rings. The quantitative estimate of drug-likeness (QED) is 0.743. The number of nitrogens with one attached hydrogen (secondary N) is 2. The Hall–Kier alpha value is -2.96. The Morgan fingerprint density at radius 1 is 1.19 bits per heavy atom. The highest BCUT2D eigenvalue weighted by molar-refractivity contribution is 5.94. The summed E-state index contributed by atoms with van der Waals surface area (Å²) in [6.45, 7) is 1.74. The number of benzene rings is 1. The number of carbonyl (C=O) groups is 1. The first kappa shape index (κ1) is 17.5. The molecule has 5 nitrogen and oxygen atoms in total. The minimum absolute atomic E-state index is 0.0466. The fourth-order valence-electron chi connectivity index (χ4n) is 3.89. The second-order valence-corrected chi connectivity index (χ2v) is 6.99. The minimum Gasteiger partial charge on any atom is -0.344 e. The number of aromatic amines is 1. The highest BCUT2D eigenvalue weighted by atomic mass is 19.2. The van der Waals surface area contributed by atoms with Gasteiger partial charge in [-0.3, -0.25) is 9.59 Å². The molecule has 2 N–H and O–H groups in total. The SMILES string of the molecule is CC(NC(=O)c1cc2c(n1C)CCC2)c1c[nH]c(=O)c2cc(F)c(F)cc12. The van der Waals surface area contributed by atoms with Crippen molar-refractivity contribution in [3.8, 4) is 0 Å². The van der Waals surface area contributed by atoms with Crippen LogP contribution in [-0.4, -0.2) is 15.5 Å². The molecule has 2 aromatic heterocycles. The van der Waals surface area contributed by atoms with Crippen LogP contribution in [-0.2, 0) is 19.9 Å². The van der Waals surface area contributed by atoms with Gasteiger partial charge in [-0.2, -0.15) is 0 Å². The Labute approximate surface area is 154 Å². The largest absolute Gasteiger partial charge is 0.344 e. The molecule has 0 spiro atoms. The second kappa shape index (κ2) is 6.33. The molecule has 0 aliphatic heterocycles. The van der Waals surface area contributed by atoms with Crippen LogP contribution in [0.4, 0.5) is 8.78 Å². The van der Waals surface area contributed by atoms with Crippen LogP contribution in [0, 0.1) is 11.6 Å². The Balaban J connectivity index is 1.68. The maximum absolute atomic E-state index is 13.7. The molecule has 4 rings (SSSR count). The van der Waals surface area contributed by atoms with E-state index in [1.54, 1.807) is 6.92 Å². The fraction of sp³-hybridized carbons (Fsp3) is 0.300. The van der Waals surface area contributed by atoms with Gasteiger partial charge in [0.2, 0.25) is 0 Å². The van der Waals surface area contributed by atoms with Crippen LogP contribution in [0.5, 0.6) is 0 Å². The molecule has 3 aromatic rings. The number of aryl methyl sites for hydroxylation is 1. The normalized spacial score (nSPS) is 14.4. The Kier molecular flexibility index (Phi) is 4.09. The zero-order valence-corrected chi connectivity index (χ0v) is 15.0. The van der Waals surface area contributed by atoms with Crippen LogP contribution in [0.1, 0.15) is 46.7 Å². The van der Waals surface area contributed by atoms with Gasteiger partial charge in [0.25, 0.3) is 11.5 Å². The van der Waals surface area contributed by atoms with Gasteiger partial charge < -0.3 is 14.9 Å². The lowest BCUT2D eigenvalue weighted by atomic mass is 10.0. The molecule has 1 aliphatic carbocycles. The van der Waals surface area contributed by atoms with Crippen LogP contribution in [0.15, 0.2) is 29.2 Å². The van der Waals surface area contributed by atoms with E-state index in [1.165, 1.54) is 17.5 Å². The molecule has 1 aromatic carbocycles. The lowest BCUT2D eigenvalue weighted by Gasteiger charge is -2.17. The first-order valence-electron chi connectivity index (χ1n) is 8.85. The summed E-state index contributed by atoms with van der Waals surface area (Å²) in [5, 5.41) is 3.21. The van der Waals surface area contributed by atoms with E-state index in [1.807, 2.05) is 17.7 Å². The number of nitrogens with zero attached hydrogens (tertiary/aromatic N) is 1. The molecule has 1 aliphatic rings. The molecule has 1 atom stereocenters. The van der Waals surface area contributed by atoms with Crippen molar-refractivity contribution in [1.29, 1.82) is 0 Å². The second-order valence-electron chi connectivity index (χ2n) is 6.99. The highest BCUT2D eigenvalue weighted by Gasteiger charge is 2.23. The molecule has 2 heterocycles. The van der Waals surface area contributed by atoms with E-state index in [9.17, 15) is 18.4 Å². The number of pyridine rings is 1. The van der Waals surface area contributed by atoms with Crippen molar-refractivity contribution in [2.24, 2.45) is 7.05 Å². The van der Waals surface area contributed by atoms with Crippen molar-refractivity contribution in [2.45, 2.75) is 32.2 Å². The van der Waals surface area contributed by atoms with Gasteiger partial charge in [0.15, 0.2) is 11.6 Å². The van der Waals surface area contributed by atoms with E-state index in [-0.39, 0.29) is 16.7 Å². The standard InChI is InChI=1S/C20H19F2N3O2/c1-10(24-20(27)18-6-11-4-3-5-17(11)25(18)2)14-9-23-19(26)13-8-16(22)15(21)7-12(13)14/h6-10H,3-5H2,1-2H3,(H,23,26)(H,24,27). The Bertz CT molecular complexity index is 1130. The average molecular weight is 371 g/mol. The highest BCUT2D eigenvalue weighted by Crippen LogP contribution is 2.27. The molecule has 1 amide bonds. The number of fused-ring (bicyclic) bond motifs is 2. The summed E-state index contributed by atoms with van der Waals surface area (Å²) < 4.78 is 29.1. The van der Waals surface area contributed by atoms with Crippen LogP contribution in [0.25, 0.3) is 10.8 Å². The van der Waals surface area contributed by atoms with Gasteiger partial charge in [-0.1, -0.05) is 0 Å². The zero-order chi connectivity index (χ0) is 19.3. The monoisotopic (exact) mass is 371 g/mol. The van der Waals surface area contributed by atoms with E-state index in [2.05, 4.69) is 10.3 Å². The van der Waals surface area contributed by atoms with E-state index in [0.29, 0.717) is 11.3 Å². The van der Waals surface area contributed by atoms with Crippen molar-refractivity contribution in [1.82, 2.24) is 14.9 Å². The number of H-pyrrole nitrogens is 1. The van der Waals surface area contributed by atoms with Gasteiger partial charge >= 0.3 is 0 Å². The average Bonchev–Trinajstić information content (AvgIpc) is 3.20. The molecular formula is C20H19F2N3O2. The first-order chi connectivity index (χ1) is 12.9. The predicted molar refractivity (Wildman–Crippen MR) is 97.8 cm³/mol. The summed E-state index contributed by atoms with van der Waals surface area (Å²) >= 11 is 0. The molecule has 1 unspecified atom stereocenters. The first-order valence-corrected chi connectivity index (χ1v) is 8.85. The molecule has 0 bridgehead atoms. The molecule has 27 heavy (non-hydrogen) atoms. The maximum Gasteiger partial charge on any atom is 0.268 e. The summed E-state index contributed by atoms with van der Waals surface area (Å²) in [5.41, 5.74) is 2.95. The van der Waals surface area contributed by atoms with E-state index < -0.39 is 23.2 Å². The van der Waals surface area contributed by atoms with E-state index >= 15 is 0 Å². The molecule has 0 radical (unpaired) electrons. The van der Waals surface area contributed by atoms with Gasteiger partial charge in [-0.15, -0.1) is 0 Å². The van der Waals surface area contributed by atoms with Crippen LogP contribution in [0.2, 0.25) is 0 Å². The number of hydrogen-bond acceptors (Lipinski definition) is 2. The third-order valence-electron chi connectivity index (χ3n) is 5.33. The summed E-state index contributed by atoms with van der Waals surface area (Å²) in [6, 6.07) is 3.27. The topological polar surface area (TPSA) is 66.9 Å². The number of amides is 1. The third kappa shape index (κ3) is 2.83. The van der Waals surface area contributed by atoms with Crippen molar-refractivity contribution in [3.63, 3.8) is 0 Å². The number of halogens is 2. The van der Waals surface area contributed by atoms with Crippen LogP contribution >= 0.6 is 0 Å². The van der Waals surface area contributed by atoms with E-state index in [4.69, 9.17) is 0 Å². The molecule has 140 valence electrons. The van der Waals surface area contributed by atoms with Crippen molar-refractivity contribution < 1.29 is 13.6 Å². The number of rotatable bonds is 3. The van der Waals surface area contributed by atoms with Gasteiger partial charge in [0, 0.05) is 18.9 Å². The minimum atomic E-state index is -1.08. The smallest absolute Gasteiger partial charge is 0.268 e. The Morgan fingerprint density at radius 3 is 2.59 bits per heavy atom. The number of hydrogen-bond donors (Lipinski definition) is 2. The van der Waals surface area contributed by atoms with Gasteiger partial charge in [-0.05, 0) is 60.9 Å². The van der Waals surface area contributed by atoms with Crippen molar-refractivity contribution in [2.75, 3.05) is 0 Å². The molecule has 0 saturated carbocycles. The van der Waals surface area contributed by atoms with Crippen LogP contribution < -0.4 is 10.9 Å². The van der Waals surface area contributed by atoms with Gasteiger partial charge in [0.05, 0.1) is 11.4 Å². The summed E-state index contributed by atoms with van der Waals surface area (Å²) in [7, 11) is 1.87. The Morgan fingerprint density at radius 2 is 1.89 bits per heavy atom. The van der Waals surface area contributed by atoms with Crippen LogP contribution in [0.3, 0.4) is 0 Å². The zero-order valence-electron chi connectivity index (χ0n) is 15.0. The number of carbonyl (C=O) groups excluding carboxylic acids is 1. The molecule has 0 saturated heterocycles. The number of aromatic nitrogens is 2. The summed E-state index contributed by atoms with van der Waals surface area (Å²) in [4.78, 5) is 27.2. The van der Waals surface area contributed by atoms with Gasteiger partial charge in [0.1, 0.15) is 5.69 Å². The fourth-order valence-corrected chi connectivity index (χ4v) is 3.89. The van der Waals surface area contributed by atoms with Crippen molar-refractivity contribution in [3.05, 3.63) is 68.9 Å². The lowest BCUT2D eigenvalue weighted by Crippen LogP contribution is -2.29. The van der Waals surface area contributed by atoms with Gasteiger partial charge in [-0.25, -0.2) is 8.78 Å². The summed E-state index contributed by atoms with van der Waals surface area (Å²) in [6.07, 6.45) is 4.46. The summed E-state index contributed by atoms with van der Waals surface area (Å²) in [5.74, 6) is -2.37. The molecular weight excluding hydrogens is 352 g/mol. The van der Waals surface area contributed by atoms with E-state index in [0.717, 1.165) is 31.4 Å². The third-order valence-corrected chi connectivity index (χ3v) is 5.33. The molecule has 7 heteroatoms. The predicted octanol–water partition coefficient (Wildman–Crippen LogP) is 3.12.